The molecule has 0 bridgehead atoms. The van der Waals surface area contributed by atoms with Gasteiger partial charge in [0.2, 0.25) is 0 Å². The van der Waals surface area contributed by atoms with E-state index in [1.165, 1.54) is 0 Å². The summed E-state index contributed by atoms with van der Waals surface area (Å²) >= 11 is 6.06. The number of hydrogen-bond donors (Lipinski definition) is 1. The molecule has 8 nitrogen and oxygen atoms in total. The van der Waals surface area contributed by atoms with Crippen molar-refractivity contribution in [2.75, 3.05) is 37.4 Å². The van der Waals surface area contributed by atoms with Gasteiger partial charge in [0.15, 0.2) is 22.5 Å². The topological polar surface area (TPSA) is 102 Å². The number of nitrogens with two attached hydrogens (primary N) is 1. The smallest absolute Gasteiger partial charge is 0.464 e. The summed E-state index contributed by atoms with van der Waals surface area (Å²) in [5.74, 6) is -2.76. The van der Waals surface area contributed by atoms with Gasteiger partial charge in [-0.05, 0) is 6.42 Å². The highest BCUT2D eigenvalue weighted by molar-refractivity contribution is 6.32. The highest BCUT2D eigenvalue weighted by atomic mass is 35.5. The molecule has 2 rings (SSSR count). The molecular formula is C14H17ClF3N5O3. The minimum atomic E-state index is -4.93. The molecule has 0 aromatic carbocycles. The molecule has 1 aromatic heterocycles. The molecule has 2 N–H and O–H groups in total. The van der Waals surface area contributed by atoms with Crippen LogP contribution in [0.5, 0.6) is 0 Å². The van der Waals surface area contributed by atoms with Crippen LogP contribution in [0.15, 0.2) is 0 Å². The zero-order valence-corrected chi connectivity index (χ0v) is 14.8. The van der Waals surface area contributed by atoms with Crippen molar-refractivity contribution in [3.63, 3.8) is 0 Å². The summed E-state index contributed by atoms with van der Waals surface area (Å²) in [6, 6.07) is -0.683. The molecule has 1 atom stereocenters. The van der Waals surface area contributed by atoms with Gasteiger partial charge < -0.3 is 20.3 Å². The first-order chi connectivity index (χ1) is 12.1. The Bertz CT molecular complexity index is 716. The van der Waals surface area contributed by atoms with Crippen LogP contribution in [0, 0.1) is 0 Å². The Kier molecular flexibility index (Phi) is 5.79. The number of nitrogen functional groups attached to an aromatic ring is 1. The molecule has 26 heavy (non-hydrogen) atoms. The summed E-state index contributed by atoms with van der Waals surface area (Å²) in [6.07, 6.45) is -4.63. The van der Waals surface area contributed by atoms with Crippen LogP contribution >= 0.6 is 11.6 Å². The number of anilines is 2. The van der Waals surface area contributed by atoms with Crippen molar-refractivity contribution in [2.45, 2.75) is 25.6 Å². The number of rotatable bonds is 3. The quantitative estimate of drug-likeness (QED) is 0.773. The number of hydrogen-bond acceptors (Lipinski definition) is 7. The van der Waals surface area contributed by atoms with E-state index in [2.05, 4.69) is 14.7 Å². The van der Waals surface area contributed by atoms with Gasteiger partial charge in [0.1, 0.15) is 0 Å². The largest absolute Gasteiger partial charge is 0.471 e. The third-order valence-corrected chi connectivity index (χ3v) is 4.25. The van der Waals surface area contributed by atoms with Crippen LogP contribution in [0.1, 0.15) is 23.8 Å². The maximum absolute atomic E-state index is 12.7. The van der Waals surface area contributed by atoms with Crippen molar-refractivity contribution in [3.05, 3.63) is 10.8 Å². The van der Waals surface area contributed by atoms with Crippen LogP contribution in [0.4, 0.5) is 24.8 Å². The number of amides is 1. The summed E-state index contributed by atoms with van der Waals surface area (Å²) in [7, 11) is 1.15. The summed E-state index contributed by atoms with van der Waals surface area (Å²) in [6.45, 7) is 1.65. The number of aromatic nitrogens is 2. The maximum atomic E-state index is 12.7. The van der Waals surface area contributed by atoms with Gasteiger partial charge in [-0.2, -0.15) is 13.2 Å². The average Bonchev–Trinajstić information content (AvgIpc) is 2.60. The maximum Gasteiger partial charge on any atom is 0.471 e. The van der Waals surface area contributed by atoms with Gasteiger partial charge in [0, 0.05) is 25.7 Å². The van der Waals surface area contributed by atoms with Gasteiger partial charge in [-0.1, -0.05) is 18.5 Å². The molecule has 1 fully saturated rings. The van der Waals surface area contributed by atoms with Crippen molar-refractivity contribution >= 4 is 35.1 Å². The minimum absolute atomic E-state index is 0.0593. The standard InChI is InChI=1S/C14H17ClF3N5O3/c1-3-7-6-22(4-5-23(7)13(25)14(16,17)18)11-9(15)20-8(10(19)21-11)12(24)26-2/h7H,3-6H2,1-2H3,(H2,19,21)/t7-/m0/s1. The van der Waals surface area contributed by atoms with E-state index in [0.29, 0.717) is 6.42 Å². The van der Waals surface area contributed by atoms with Gasteiger partial charge in [-0.15, -0.1) is 0 Å². The highest BCUT2D eigenvalue weighted by Crippen LogP contribution is 2.29. The molecule has 144 valence electrons. The fraction of sp³-hybridized carbons (Fsp3) is 0.571. The van der Waals surface area contributed by atoms with Gasteiger partial charge >= 0.3 is 18.1 Å². The average molecular weight is 396 g/mol. The van der Waals surface area contributed by atoms with E-state index in [1.807, 2.05) is 0 Å². The fourth-order valence-corrected chi connectivity index (χ4v) is 2.94. The second kappa shape index (κ2) is 7.52. The molecule has 2 heterocycles. The Morgan fingerprint density at radius 3 is 2.54 bits per heavy atom. The first kappa shape index (κ1) is 20.0. The van der Waals surface area contributed by atoms with E-state index >= 15 is 0 Å². The molecule has 0 spiro atoms. The molecule has 1 amide bonds. The number of ether oxygens (including phenoxy) is 1. The number of methoxy groups -OCH3 is 1. The molecule has 1 aliphatic rings. The van der Waals surface area contributed by atoms with E-state index in [-0.39, 0.29) is 42.1 Å². The number of esters is 1. The van der Waals surface area contributed by atoms with Crippen molar-refractivity contribution < 1.29 is 27.5 Å². The van der Waals surface area contributed by atoms with Gasteiger partial charge in [0.05, 0.1) is 7.11 Å². The number of nitrogens with zero attached hydrogens (tertiary/aromatic N) is 4. The second-order valence-electron chi connectivity index (χ2n) is 5.57. The zero-order chi connectivity index (χ0) is 19.6. The molecule has 0 aliphatic carbocycles. The first-order valence-corrected chi connectivity index (χ1v) is 8.02. The molecule has 1 aliphatic heterocycles. The van der Waals surface area contributed by atoms with E-state index in [4.69, 9.17) is 17.3 Å². The monoisotopic (exact) mass is 395 g/mol. The van der Waals surface area contributed by atoms with Gasteiger partial charge in [-0.3, -0.25) is 4.79 Å². The molecule has 1 saturated heterocycles. The van der Waals surface area contributed by atoms with E-state index in [0.717, 1.165) is 12.0 Å². The van der Waals surface area contributed by atoms with Crippen LogP contribution < -0.4 is 10.6 Å². The van der Waals surface area contributed by atoms with Crippen LogP contribution in [0.3, 0.4) is 0 Å². The molecular weight excluding hydrogens is 379 g/mol. The van der Waals surface area contributed by atoms with Crippen molar-refractivity contribution in [3.8, 4) is 0 Å². The van der Waals surface area contributed by atoms with Gasteiger partial charge in [0.25, 0.3) is 0 Å². The van der Waals surface area contributed by atoms with Crippen LogP contribution in [-0.4, -0.2) is 65.7 Å². The first-order valence-electron chi connectivity index (χ1n) is 7.64. The third kappa shape index (κ3) is 3.92. The Hall–Kier alpha value is -2.30. The van der Waals surface area contributed by atoms with Crippen molar-refractivity contribution in [1.82, 2.24) is 14.9 Å². The van der Waals surface area contributed by atoms with Gasteiger partial charge in [-0.25, -0.2) is 14.8 Å². The Morgan fingerprint density at radius 2 is 2.00 bits per heavy atom. The summed E-state index contributed by atoms with van der Waals surface area (Å²) in [4.78, 5) is 33.4. The predicted molar refractivity (Wildman–Crippen MR) is 86.9 cm³/mol. The van der Waals surface area contributed by atoms with Crippen molar-refractivity contribution in [2.24, 2.45) is 0 Å². The number of alkyl halides is 3. The predicted octanol–water partition coefficient (Wildman–Crippen LogP) is 1.49. The normalized spacial score (nSPS) is 18.0. The zero-order valence-electron chi connectivity index (χ0n) is 14.0. The van der Waals surface area contributed by atoms with Crippen LogP contribution in [-0.2, 0) is 9.53 Å². The molecule has 12 heteroatoms. The molecule has 1 aromatic rings. The van der Waals surface area contributed by atoms with E-state index in [9.17, 15) is 22.8 Å². The number of piperazine rings is 1. The molecule has 0 radical (unpaired) electrons. The summed E-state index contributed by atoms with van der Waals surface area (Å²) in [5, 5.41) is -0.134. The SMILES string of the molecule is CC[C@H]1CN(c2nc(N)c(C(=O)OC)nc2Cl)CCN1C(=O)C(F)(F)F. The summed E-state index contributed by atoms with van der Waals surface area (Å²) in [5.41, 5.74) is 5.45. The lowest BCUT2D eigenvalue weighted by molar-refractivity contribution is -0.188. The Labute approximate surface area is 152 Å². The number of carbonyl (C=O) groups excluding carboxylic acids is 2. The Morgan fingerprint density at radius 1 is 1.35 bits per heavy atom. The molecule has 0 unspecified atom stereocenters. The van der Waals surface area contributed by atoms with E-state index < -0.39 is 24.1 Å². The summed E-state index contributed by atoms with van der Waals surface area (Å²) < 4.78 is 42.7. The lowest BCUT2D eigenvalue weighted by Crippen LogP contribution is -2.58. The van der Waals surface area contributed by atoms with Crippen LogP contribution in [0.25, 0.3) is 0 Å². The third-order valence-electron chi connectivity index (χ3n) is 4.00. The lowest BCUT2D eigenvalue weighted by Gasteiger charge is -2.41. The fourth-order valence-electron chi connectivity index (χ4n) is 2.69. The minimum Gasteiger partial charge on any atom is -0.464 e. The van der Waals surface area contributed by atoms with Crippen LogP contribution in [0.2, 0.25) is 5.15 Å². The molecule has 0 saturated carbocycles. The number of halogens is 4. The van der Waals surface area contributed by atoms with Crippen molar-refractivity contribution in [1.29, 1.82) is 0 Å². The number of carbonyl (C=O) groups is 2. The lowest BCUT2D eigenvalue weighted by atomic mass is 10.1. The Balaban J connectivity index is 2.26. The van der Waals surface area contributed by atoms with E-state index in [1.54, 1.807) is 11.8 Å². The highest BCUT2D eigenvalue weighted by Gasteiger charge is 2.46. The second-order valence-corrected chi connectivity index (χ2v) is 5.93.